The van der Waals surface area contributed by atoms with Gasteiger partial charge in [-0.3, -0.25) is 9.98 Å². The third-order valence-electron chi connectivity index (χ3n) is 6.28. The summed E-state index contributed by atoms with van der Waals surface area (Å²) in [5.41, 5.74) is 8.79. The van der Waals surface area contributed by atoms with Crippen LogP contribution in [0.2, 0.25) is 0 Å². The van der Waals surface area contributed by atoms with Crippen molar-refractivity contribution < 1.29 is 18.9 Å². The molecule has 2 N–H and O–H groups in total. The molecule has 2 aliphatic carbocycles. The smallest absolute Gasteiger partial charge is 0.675 e. The van der Waals surface area contributed by atoms with Gasteiger partial charge in [0.25, 0.3) is 0 Å². The van der Waals surface area contributed by atoms with Crippen LogP contribution in [-0.4, -0.2) is 37.6 Å². The molecule has 0 unspecified atom stereocenters. The normalized spacial score (nSPS) is 13.2. The molecule has 0 spiro atoms. The van der Waals surface area contributed by atoms with Crippen LogP contribution >= 0.6 is 0 Å². The van der Waals surface area contributed by atoms with Crippen molar-refractivity contribution in [2.75, 3.05) is 24.7 Å². The van der Waals surface area contributed by atoms with Crippen LogP contribution in [0.3, 0.4) is 0 Å². The van der Waals surface area contributed by atoms with Gasteiger partial charge < -0.3 is 16.0 Å². The van der Waals surface area contributed by atoms with E-state index in [4.69, 9.17) is 5.32 Å². The summed E-state index contributed by atoms with van der Waals surface area (Å²) >= 11 is 0. The number of allylic oxidation sites excluding steroid dienone is 4. The zero-order chi connectivity index (χ0) is 27.5. The minimum atomic E-state index is 0. The minimum absolute atomic E-state index is 0. The van der Waals surface area contributed by atoms with E-state index in [1.807, 2.05) is 48.6 Å². The number of anilines is 3. The fourth-order valence-corrected chi connectivity index (χ4v) is 3.97. The van der Waals surface area contributed by atoms with Crippen molar-refractivity contribution in [3.8, 4) is 0 Å². The van der Waals surface area contributed by atoms with Gasteiger partial charge in [0.1, 0.15) is 0 Å². The second-order valence-corrected chi connectivity index (χ2v) is 9.43. The van der Waals surface area contributed by atoms with E-state index in [0.29, 0.717) is 0 Å². The van der Waals surface area contributed by atoms with Crippen LogP contribution < -0.4 is 29.5 Å². The van der Waals surface area contributed by atoms with Crippen LogP contribution in [0.25, 0.3) is 5.32 Å². The Morgan fingerprint density at radius 2 is 0.804 bits per heavy atom. The monoisotopic (exact) mass is 698 g/mol. The van der Waals surface area contributed by atoms with Gasteiger partial charge in [-0.05, 0) is 74.5 Å². The van der Waals surface area contributed by atoms with Gasteiger partial charge in [-0.15, -0.1) is 5.69 Å². The Morgan fingerprint density at radius 1 is 0.471 bits per heavy atom. The zero-order valence-electron chi connectivity index (χ0n) is 24.0. The first kappa shape index (κ1) is 68.8. The standard InChI is InChI=1S/C20H20N3.C14H16N2.11CH4.Li/c1-15-3-5-17(6-4-15)22-19-11-13-20(14-12-19)23-18-9-7-16(21-2)8-10-18;1-11-3-5-13(6-4-11)16-14-9-7-12(15-2)8-10-14;;;;;;;;;;;;/h3-14,18,22H,1-2H3;3-10,14,16H,1-2H3;11*1H4;/q-1;;;;;;;;;;;;;+1. The third-order valence-corrected chi connectivity index (χ3v) is 6.28. The molecule has 0 atom stereocenters. The molecule has 6 heteroatoms. The molecular weight excluding hydrogens is 617 g/mol. The number of hydrogen-bond donors (Lipinski definition) is 2. The number of rotatable bonds is 6. The summed E-state index contributed by atoms with van der Waals surface area (Å²) in [4.78, 5) is 8.25. The SMILES string of the molecule is C.C.C.C.C.C.C.C.C.C.C.CN=C1C=CC(Nc2ccc(C)cc2)C=C1.CN=C1C=CC([N-]c2ccc(Nc3ccc(C)cc3)cc2)C=C1.[Li+]. The van der Waals surface area contributed by atoms with Gasteiger partial charge >= 0.3 is 18.9 Å². The van der Waals surface area contributed by atoms with Crippen molar-refractivity contribution in [2.24, 2.45) is 9.98 Å². The van der Waals surface area contributed by atoms with Crippen molar-refractivity contribution in [1.29, 1.82) is 0 Å². The average Bonchev–Trinajstić information content (AvgIpc) is 2.98. The van der Waals surface area contributed by atoms with Crippen LogP contribution in [0.4, 0.5) is 22.7 Å². The van der Waals surface area contributed by atoms with Crippen molar-refractivity contribution in [3.05, 3.63) is 138 Å². The molecule has 0 heterocycles. The maximum Gasteiger partial charge on any atom is 1.00 e. The Morgan fingerprint density at radius 3 is 1.18 bits per heavy atom. The molecule has 0 aromatic heterocycles. The maximum atomic E-state index is 4.69. The van der Waals surface area contributed by atoms with E-state index >= 15 is 0 Å². The second-order valence-electron chi connectivity index (χ2n) is 9.43. The molecule has 0 saturated carbocycles. The molecule has 0 aliphatic heterocycles. The van der Waals surface area contributed by atoms with Crippen LogP contribution in [0.5, 0.6) is 0 Å². The molecule has 2 aliphatic rings. The number of aliphatic imine (C=N–C) groups is 2. The first-order chi connectivity index (χ1) is 19.0. The molecule has 5 rings (SSSR count). The summed E-state index contributed by atoms with van der Waals surface area (Å²) in [5, 5.41) is 11.5. The molecule has 3 aromatic carbocycles. The van der Waals surface area contributed by atoms with E-state index in [1.54, 1.807) is 14.1 Å². The van der Waals surface area contributed by atoms with Gasteiger partial charge in [0.05, 0.1) is 17.5 Å². The van der Waals surface area contributed by atoms with Gasteiger partial charge in [0.2, 0.25) is 0 Å². The maximum absolute atomic E-state index is 4.69. The van der Waals surface area contributed by atoms with Crippen molar-refractivity contribution in [2.45, 2.75) is 108 Å². The first-order valence-electron chi connectivity index (χ1n) is 13.1. The van der Waals surface area contributed by atoms with E-state index in [-0.39, 0.29) is 113 Å². The van der Waals surface area contributed by atoms with E-state index in [0.717, 1.165) is 34.2 Å². The van der Waals surface area contributed by atoms with E-state index in [2.05, 4.69) is 107 Å². The van der Waals surface area contributed by atoms with Gasteiger partial charge in [0, 0.05) is 31.2 Å². The minimum Gasteiger partial charge on any atom is -0.675 e. The van der Waals surface area contributed by atoms with Gasteiger partial charge in [-0.25, -0.2) is 0 Å². The molecule has 0 radical (unpaired) electrons. The van der Waals surface area contributed by atoms with Crippen molar-refractivity contribution in [3.63, 3.8) is 0 Å². The van der Waals surface area contributed by atoms with Crippen LogP contribution in [-0.2, 0) is 0 Å². The number of aryl methyl sites for hydroxylation is 2. The zero-order valence-corrected chi connectivity index (χ0v) is 24.0. The van der Waals surface area contributed by atoms with Crippen LogP contribution in [0.15, 0.2) is 131 Å². The Kier molecular flexibility index (Phi) is 48.3. The number of benzene rings is 3. The third kappa shape index (κ3) is 23.1. The number of hydrogen-bond acceptors (Lipinski definition) is 4. The number of nitrogens with zero attached hydrogens (tertiary/aromatic N) is 3. The summed E-state index contributed by atoms with van der Waals surface area (Å²) in [5.74, 6) is 0. The molecule has 0 saturated heterocycles. The van der Waals surface area contributed by atoms with Gasteiger partial charge in [-0.2, -0.15) is 0 Å². The molecule has 3 aromatic rings. The van der Waals surface area contributed by atoms with Crippen LogP contribution in [0, 0.1) is 13.8 Å². The van der Waals surface area contributed by atoms with E-state index in [1.165, 1.54) is 11.1 Å². The molecule has 5 nitrogen and oxygen atoms in total. The molecule has 286 valence electrons. The Hall–Kier alpha value is -4.04. The Balaban J connectivity index is -0.0000000827. The summed E-state index contributed by atoms with van der Waals surface area (Å²) in [7, 11) is 3.60. The fourth-order valence-electron chi connectivity index (χ4n) is 3.97. The topological polar surface area (TPSA) is 62.9 Å². The second kappa shape index (κ2) is 35.8. The Labute approximate surface area is 331 Å². The average molecular weight is 698 g/mol. The van der Waals surface area contributed by atoms with Crippen LogP contribution in [0.1, 0.15) is 92.8 Å². The summed E-state index contributed by atoms with van der Waals surface area (Å²) in [6, 6.07) is 25.3. The molecule has 0 amide bonds. The summed E-state index contributed by atoms with van der Waals surface area (Å²) < 4.78 is 0. The van der Waals surface area contributed by atoms with E-state index in [9.17, 15) is 0 Å². The quantitative estimate of drug-likeness (QED) is 0.252. The van der Waals surface area contributed by atoms with Gasteiger partial charge in [0.15, 0.2) is 0 Å². The largest absolute Gasteiger partial charge is 1.00 e. The molecule has 51 heavy (non-hydrogen) atoms. The molecule has 0 bridgehead atoms. The predicted octanol–water partition coefficient (Wildman–Crippen LogP) is 12.3. The first-order valence-corrected chi connectivity index (χ1v) is 13.1. The number of nitrogens with one attached hydrogen (secondary N) is 2. The molecule has 0 fully saturated rings. The Bertz CT molecular complexity index is 1370. The van der Waals surface area contributed by atoms with Crippen molar-refractivity contribution in [1.82, 2.24) is 0 Å². The fraction of sp³-hybridized carbons (Fsp3) is 0.378. The molecular formula is C45H80LiN5. The summed E-state index contributed by atoms with van der Waals surface area (Å²) in [6.45, 7) is 4.18. The predicted molar refractivity (Wildman–Crippen MR) is 244 cm³/mol. The van der Waals surface area contributed by atoms with Crippen molar-refractivity contribution >= 4 is 34.2 Å². The van der Waals surface area contributed by atoms with E-state index < -0.39 is 0 Å². The summed E-state index contributed by atoms with van der Waals surface area (Å²) in [6.07, 6.45) is 16.4. The van der Waals surface area contributed by atoms with Gasteiger partial charge in [-0.1, -0.05) is 160 Å².